The number of amides is 2. The van der Waals surface area contributed by atoms with Crippen LogP contribution < -0.4 is 10.1 Å². The Bertz CT molecular complexity index is 641. The maximum absolute atomic E-state index is 12.2. The van der Waals surface area contributed by atoms with Gasteiger partial charge < -0.3 is 15.0 Å². The lowest BCUT2D eigenvalue weighted by Gasteiger charge is -2.32. The summed E-state index contributed by atoms with van der Waals surface area (Å²) < 4.78 is 5.73. The fourth-order valence-electron chi connectivity index (χ4n) is 2.94. The summed E-state index contributed by atoms with van der Waals surface area (Å²) in [6.07, 6.45) is 1.36. The second-order valence-corrected chi connectivity index (χ2v) is 7.51. The summed E-state index contributed by atoms with van der Waals surface area (Å²) >= 11 is 11.2. The highest BCUT2D eigenvalue weighted by atomic mass is 35.5. The van der Waals surface area contributed by atoms with E-state index in [4.69, 9.17) is 27.9 Å². The van der Waals surface area contributed by atoms with Gasteiger partial charge in [-0.15, -0.1) is 0 Å². The second-order valence-electron chi connectivity index (χ2n) is 6.41. The monoisotopic (exact) mass is 386 g/mol. The van der Waals surface area contributed by atoms with Gasteiger partial charge in [0, 0.05) is 19.1 Å². The van der Waals surface area contributed by atoms with Gasteiger partial charge in [0.15, 0.2) is 11.4 Å². The SMILES string of the molecule is Cc1ccc(C)c(OCC(=O)NC2CCN(C(=O)C(Cl)Cl)CC2)c1C. The van der Waals surface area contributed by atoms with E-state index in [2.05, 4.69) is 5.32 Å². The van der Waals surface area contributed by atoms with Gasteiger partial charge in [0.25, 0.3) is 11.8 Å². The van der Waals surface area contributed by atoms with E-state index >= 15 is 0 Å². The molecule has 2 rings (SSSR count). The molecule has 0 spiro atoms. The highest BCUT2D eigenvalue weighted by Crippen LogP contribution is 2.25. The van der Waals surface area contributed by atoms with Gasteiger partial charge in [0.2, 0.25) is 0 Å². The first-order valence-corrected chi connectivity index (χ1v) is 9.22. The molecule has 0 bridgehead atoms. The number of hydrogen-bond donors (Lipinski definition) is 1. The number of aryl methyl sites for hydroxylation is 2. The maximum atomic E-state index is 12.2. The Hall–Kier alpha value is -1.46. The quantitative estimate of drug-likeness (QED) is 0.791. The molecule has 1 aliphatic heterocycles. The smallest absolute Gasteiger partial charge is 0.258 e. The first-order valence-electron chi connectivity index (χ1n) is 8.35. The maximum Gasteiger partial charge on any atom is 0.258 e. The Morgan fingerprint density at radius 2 is 1.80 bits per heavy atom. The molecule has 1 heterocycles. The fourth-order valence-corrected chi connectivity index (χ4v) is 3.21. The number of carbonyl (C=O) groups is 2. The molecule has 2 amide bonds. The first-order chi connectivity index (χ1) is 11.8. The van der Waals surface area contributed by atoms with Crippen molar-refractivity contribution in [1.29, 1.82) is 0 Å². The van der Waals surface area contributed by atoms with Crippen LogP contribution in [0.15, 0.2) is 12.1 Å². The molecule has 7 heteroatoms. The van der Waals surface area contributed by atoms with Crippen LogP contribution in [-0.2, 0) is 9.59 Å². The number of halogens is 2. The molecule has 0 saturated carbocycles. The van der Waals surface area contributed by atoms with Gasteiger partial charge in [-0.2, -0.15) is 0 Å². The number of piperidine rings is 1. The van der Waals surface area contributed by atoms with Crippen molar-refractivity contribution < 1.29 is 14.3 Å². The van der Waals surface area contributed by atoms with E-state index in [-0.39, 0.29) is 24.5 Å². The van der Waals surface area contributed by atoms with Gasteiger partial charge in [0.1, 0.15) is 5.75 Å². The summed E-state index contributed by atoms with van der Waals surface area (Å²) in [5.41, 5.74) is 3.20. The summed E-state index contributed by atoms with van der Waals surface area (Å²) in [4.78, 5) is 24.5. The normalized spacial score (nSPS) is 15.4. The summed E-state index contributed by atoms with van der Waals surface area (Å²) in [5.74, 6) is 0.338. The molecule has 1 aromatic carbocycles. The van der Waals surface area contributed by atoms with Crippen LogP contribution in [0.25, 0.3) is 0 Å². The van der Waals surface area contributed by atoms with Gasteiger partial charge in [0.05, 0.1) is 0 Å². The van der Waals surface area contributed by atoms with Crippen molar-refractivity contribution in [1.82, 2.24) is 10.2 Å². The number of alkyl halides is 2. The minimum atomic E-state index is -1.03. The van der Waals surface area contributed by atoms with E-state index < -0.39 is 4.84 Å². The number of nitrogens with one attached hydrogen (secondary N) is 1. The molecule has 0 unspecified atom stereocenters. The third-order valence-electron chi connectivity index (χ3n) is 4.58. The standard InChI is InChI=1S/C18H24Cl2N2O3/c1-11-4-5-12(2)16(13(11)3)25-10-15(23)21-14-6-8-22(9-7-14)18(24)17(19)20/h4-5,14,17H,6-10H2,1-3H3,(H,21,23). The molecule has 0 aliphatic carbocycles. The number of carbonyl (C=O) groups excluding carboxylic acids is 2. The van der Waals surface area contributed by atoms with Crippen molar-refractivity contribution in [2.75, 3.05) is 19.7 Å². The van der Waals surface area contributed by atoms with Crippen LogP contribution in [0.4, 0.5) is 0 Å². The summed E-state index contributed by atoms with van der Waals surface area (Å²) in [5, 5.41) is 2.96. The molecule has 1 aromatic rings. The van der Waals surface area contributed by atoms with Crippen molar-refractivity contribution in [2.45, 2.75) is 44.5 Å². The van der Waals surface area contributed by atoms with Crippen LogP contribution in [0.2, 0.25) is 0 Å². The highest BCUT2D eigenvalue weighted by Gasteiger charge is 2.26. The number of hydrogen-bond acceptors (Lipinski definition) is 3. The van der Waals surface area contributed by atoms with Gasteiger partial charge in [-0.25, -0.2) is 0 Å². The average Bonchev–Trinajstić information content (AvgIpc) is 2.58. The predicted octanol–water partition coefficient (Wildman–Crippen LogP) is 2.90. The number of rotatable bonds is 5. The van der Waals surface area contributed by atoms with E-state index in [9.17, 15) is 9.59 Å². The molecule has 5 nitrogen and oxygen atoms in total. The Morgan fingerprint density at radius 3 is 2.40 bits per heavy atom. The molecule has 138 valence electrons. The molecule has 25 heavy (non-hydrogen) atoms. The lowest BCUT2D eigenvalue weighted by Crippen LogP contribution is -2.48. The number of nitrogens with zero attached hydrogens (tertiary/aromatic N) is 1. The van der Waals surface area contributed by atoms with Gasteiger partial charge in [-0.3, -0.25) is 9.59 Å². The molecule has 1 N–H and O–H groups in total. The molecule has 0 atom stereocenters. The Morgan fingerprint density at radius 1 is 1.20 bits per heavy atom. The average molecular weight is 387 g/mol. The minimum Gasteiger partial charge on any atom is -0.483 e. The Balaban J connectivity index is 1.81. The number of ether oxygens (including phenoxy) is 1. The van der Waals surface area contributed by atoms with Crippen molar-refractivity contribution in [3.05, 3.63) is 28.8 Å². The van der Waals surface area contributed by atoms with Crippen molar-refractivity contribution in [2.24, 2.45) is 0 Å². The Labute approximate surface area is 158 Å². The van der Waals surface area contributed by atoms with E-state index in [0.29, 0.717) is 25.9 Å². The highest BCUT2D eigenvalue weighted by molar-refractivity contribution is 6.53. The summed E-state index contributed by atoms with van der Waals surface area (Å²) in [6, 6.07) is 4.06. The van der Waals surface area contributed by atoms with Gasteiger partial charge in [-0.1, -0.05) is 35.3 Å². The third kappa shape index (κ3) is 5.25. The molecule has 1 saturated heterocycles. The van der Waals surface area contributed by atoms with E-state index in [1.165, 1.54) is 0 Å². The van der Waals surface area contributed by atoms with E-state index in [0.717, 1.165) is 22.4 Å². The number of likely N-dealkylation sites (tertiary alicyclic amines) is 1. The lowest BCUT2D eigenvalue weighted by atomic mass is 10.0. The largest absolute Gasteiger partial charge is 0.483 e. The van der Waals surface area contributed by atoms with Crippen LogP contribution in [0.3, 0.4) is 0 Å². The van der Waals surface area contributed by atoms with Gasteiger partial charge >= 0.3 is 0 Å². The zero-order valence-corrected chi connectivity index (χ0v) is 16.3. The molecule has 1 fully saturated rings. The fraction of sp³-hybridized carbons (Fsp3) is 0.556. The topological polar surface area (TPSA) is 58.6 Å². The second kappa shape index (κ2) is 8.77. The lowest BCUT2D eigenvalue weighted by molar-refractivity contribution is -0.130. The first kappa shape index (κ1) is 19.9. The van der Waals surface area contributed by atoms with E-state index in [1.807, 2.05) is 32.9 Å². The Kier molecular flexibility index (Phi) is 6.96. The molecular weight excluding hydrogens is 363 g/mol. The molecule has 0 aromatic heterocycles. The van der Waals surface area contributed by atoms with Crippen LogP contribution in [0.1, 0.15) is 29.5 Å². The zero-order chi connectivity index (χ0) is 18.6. The summed E-state index contributed by atoms with van der Waals surface area (Å²) in [6.45, 7) is 7.03. The van der Waals surface area contributed by atoms with Crippen LogP contribution in [0, 0.1) is 20.8 Å². The molecule has 1 aliphatic rings. The molecular formula is C18H24Cl2N2O3. The van der Waals surface area contributed by atoms with Crippen molar-refractivity contribution in [3.8, 4) is 5.75 Å². The van der Waals surface area contributed by atoms with Gasteiger partial charge in [-0.05, 0) is 50.3 Å². The van der Waals surface area contributed by atoms with Crippen LogP contribution >= 0.6 is 23.2 Å². The summed E-state index contributed by atoms with van der Waals surface area (Å²) in [7, 11) is 0. The van der Waals surface area contributed by atoms with Crippen LogP contribution in [-0.4, -0.2) is 47.3 Å². The van der Waals surface area contributed by atoms with Crippen LogP contribution in [0.5, 0.6) is 5.75 Å². The van der Waals surface area contributed by atoms with E-state index in [1.54, 1.807) is 4.90 Å². The zero-order valence-electron chi connectivity index (χ0n) is 14.8. The van der Waals surface area contributed by atoms with Crippen molar-refractivity contribution in [3.63, 3.8) is 0 Å². The minimum absolute atomic E-state index is 0.0181. The predicted molar refractivity (Wildman–Crippen MR) is 99.4 cm³/mol. The number of benzene rings is 1. The molecule has 0 radical (unpaired) electrons. The third-order valence-corrected chi connectivity index (χ3v) is 4.95. The van der Waals surface area contributed by atoms with Crippen molar-refractivity contribution >= 4 is 35.0 Å².